The molecule has 0 heterocycles. The number of aliphatic hydroxyl groups is 1. The van der Waals surface area contributed by atoms with E-state index in [1.165, 1.54) is 0 Å². The highest BCUT2D eigenvalue weighted by Gasteiger charge is 2.34. The summed E-state index contributed by atoms with van der Waals surface area (Å²) in [7, 11) is 0. The van der Waals surface area contributed by atoms with Gasteiger partial charge in [0.25, 0.3) is 0 Å². The molecule has 0 spiro atoms. The van der Waals surface area contributed by atoms with Crippen molar-refractivity contribution in [2.24, 2.45) is 17.3 Å². The zero-order valence-corrected chi connectivity index (χ0v) is 15.4. The Labute approximate surface area is 135 Å². The Morgan fingerprint density at radius 3 is 2.18 bits per heavy atom. The first-order chi connectivity index (χ1) is 10.0. The summed E-state index contributed by atoms with van der Waals surface area (Å²) < 4.78 is 10.9. The zero-order valence-electron chi connectivity index (χ0n) is 15.4. The normalized spacial score (nSPS) is 15.0. The molecular formula is C17H35NO4. The minimum atomic E-state index is -0.524. The van der Waals surface area contributed by atoms with E-state index in [0.29, 0.717) is 32.1 Å². The van der Waals surface area contributed by atoms with Crippen LogP contribution in [0.2, 0.25) is 0 Å². The molecule has 0 aliphatic carbocycles. The molecule has 0 aliphatic heterocycles. The molecule has 1 amide bonds. The van der Waals surface area contributed by atoms with Gasteiger partial charge in [-0.3, -0.25) is 0 Å². The number of nitrogens with one attached hydrogen (secondary N) is 1. The molecule has 1 atom stereocenters. The van der Waals surface area contributed by atoms with Crippen LogP contribution in [0.3, 0.4) is 0 Å². The molecule has 0 radical (unpaired) electrons. The van der Waals surface area contributed by atoms with Crippen LogP contribution in [0.1, 0.15) is 54.9 Å². The fraction of sp³-hybridized carbons (Fsp3) is 0.941. The van der Waals surface area contributed by atoms with Crippen molar-refractivity contribution in [2.45, 2.75) is 60.5 Å². The van der Waals surface area contributed by atoms with Gasteiger partial charge in [0.2, 0.25) is 0 Å². The first-order valence-corrected chi connectivity index (χ1v) is 8.18. The van der Waals surface area contributed by atoms with Crippen molar-refractivity contribution in [3.05, 3.63) is 0 Å². The number of ether oxygens (including phenoxy) is 2. The molecule has 1 unspecified atom stereocenters. The summed E-state index contributed by atoms with van der Waals surface area (Å²) in [5, 5.41) is 12.6. The van der Waals surface area contributed by atoms with E-state index in [0.717, 1.165) is 0 Å². The van der Waals surface area contributed by atoms with E-state index in [1.54, 1.807) is 0 Å². The summed E-state index contributed by atoms with van der Waals surface area (Å²) in [6.07, 6.45) is 0.248. The summed E-state index contributed by atoms with van der Waals surface area (Å²) in [6.45, 7) is 15.5. The van der Waals surface area contributed by atoms with E-state index < -0.39 is 17.1 Å². The van der Waals surface area contributed by atoms with E-state index >= 15 is 0 Å². The van der Waals surface area contributed by atoms with Crippen LogP contribution in [-0.2, 0) is 9.47 Å². The molecule has 0 aromatic heterocycles. The second-order valence-electron chi connectivity index (χ2n) is 7.75. The Kier molecular flexibility index (Phi) is 9.01. The largest absolute Gasteiger partial charge is 0.444 e. The highest BCUT2D eigenvalue weighted by molar-refractivity contribution is 5.67. The summed E-state index contributed by atoms with van der Waals surface area (Å²) in [5.74, 6) is 0.706. The van der Waals surface area contributed by atoms with E-state index in [-0.39, 0.29) is 12.5 Å². The molecule has 0 aromatic rings. The number of rotatable bonds is 9. The van der Waals surface area contributed by atoms with Crippen molar-refractivity contribution in [1.29, 1.82) is 0 Å². The maximum Gasteiger partial charge on any atom is 0.407 e. The molecule has 0 bridgehead atoms. The van der Waals surface area contributed by atoms with Gasteiger partial charge < -0.3 is 19.9 Å². The number of aliphatic hydroxyl groups excluding tert-OH is 1. The minimum Gasteiger partial charge on any atom is -0.444 e. The highest BCUT2D eigenvalue weighted by atomic mass is 16.6. The maximum absolute atomic E-state index is 11.8. The van der Waals surface area contributed by atoms with Gasteiger partial charge in [0.15, 0.2) is 0 Å². The zero-order chi connectivity index (χ0) is 17.4. The number of amides is 1. The van der Waals surface area contributed by atoms with Crippen molar-refractivity contribution in [3.63, 3.8) is 0 Å². The van der Waals surface area contributed by atoms with E-state index in [4.69, 9.17) is 9.47 Å². The molecule has 5 heteroatoms. The van der Waals surface area contributed by atoms with Crippen molar-refractivity contribution in [1.82, 2.24) is 5.32 Å². The molecule has 0 saturated carbocycles. The quantitative estimate of drug-likeness (QED) is 0.641. The van der Waals surface area contributed by atoms with Gasteiger partial charge in [-0.2, -0.15) is 0 Å². The van der Waals surface area contributed by atoms with Gasteiger partial charge in [-0.1, -0.05) is 27.7 Å². The fourth-order valence-electron chi connectivity index (χ4n) is 2.06. The van der Waals surface area contributed by atoms with Crippen molar-refractivity contribution in [3.8, 4) is 0 Å². The third kappa shape index (κ3) is 8.59. The molecule has 22 heavy (non-hydrogen) atoms. The Balaban J connectivity index is 4.52. The van der Waals surface area contributed by atoms with Crippen LogP contribution >= 0.6 is 0 Å². The lowest BCUT2D eigenvalue weighted by Crippen LogP contribution is -2.45. The molecule has 0 fully saturated rings. The van der Waals surface area contributed by atoms with Crippen LogP contribution in [0.5, 0.6) is 0 Å². The van der Waals surface area contributed by atoms with Gasteiger partial charge in [0.05, 0.1) is 6.61 Å². The lowest BCUT2D eigenvalue weighted by Gasteiger charge is -2.36. The Morgan fingerprint density at radius 1 is 1.18 bits per heavy atom. The van der Waals surface area contributed by atoms with Gasteiger partial charge in [-0.25, -0.2) is 4.79 Å². The number of hydrogen-bond donors (Lipinski definition) is 2. The monoisotopic (exact) mass is 317 g/mol. The number of alkyl carbamates (subject to hydrolysis) is 1. The summed E-state index contributed by atoms with van der Waals surface area (Å²) >= 11 is 0. The SMILES string of the molecule is CC(C)COCCC(CO)(CNC(=O)OC(C)(C)C)C(C)C. The molecule has 0 aromatic carbocycles. The lowest BCUT2D eigenvalue weighted by molar-refractivity contribution is 0.0137. The van der Waals surface area contributed by atoms with Crippen LogP contribution in [0.15, 0.2) is 0 Å². The van der Waals surface area contributed by atoms with Crippen molar-refractivity contribution in [2.75, 3.05) is 26.4 Å². The molecule has 5 nitrogen and oxygen atoms in total. The fourth-order valence-corrected chi connectivity index (χ4v) is 2.06. The second-order valence-corrected chi connectivity index (χ2v) is 7.75. The number of carbonyl (C=O) groups is 1. The first-order valence-electron chi connectivity index (χ1n) is 8.18. The van der Waals surface area contributed by atoms with Crippen LogP contribution in [0.25, 0.3) is 0 Å². The van der Waals surface area contributed by atoms with Crippen molar-refractivity contribution >= 4 is 6.09 Å². The highest BCUT2D eigenvalue weighted by Crippen LogP contribution is 2.30. The van der Waals surface area contributed by atoms with Crippen LogP contribution in [-0.4, -0.2) is 43.2 Å². The third-order valence-corrected chi connectivity index (χ3v) is 3.72. The van der Waals surface area contributed by atoms with Crippen LogP contribution in [0, 0.1) is 17.3 Å². The molecule has 132 valence electrons. The molecule has 0 rings (SSSR count). The second kappa shape index (κ2) is 9.36. The Bertz CT molecular complexity index is 323. The summed E-state index contributed by atoms with van der Waals surface area (Å²) in [6, 6.07) is 0. The van der Waals surface area contributed by atoms with Gasteiger partial charge in [-0.05, 0) is 39.0 Å². The first kappa shape index (κ1) is 21.2. The number of hydrogen-bond acceptors (Lipinski definition) is 4. The Hall–Kier alpha value is -0.810. The average Bonchev–Trinajstić information content (AvgIpc) is 2.35. The molecule has 0 aliphatic rings. The lowest BCUT2D eigenvalue weighted by atomic mass is 9.75. The smallest absolute Gasteiger partial charge is 0.407 e. The van der Waals surface area contributed by atoms with Crippen LogP contribution in [0.4, 0.5) is 4.79 Å². The van der Waals surface area contributed by atoms with Gasteiger partial charge in [0.1, 0.15) is 5.60 Å². The summed E-state index contributed by atoms with van der Waals surface area (Å²) in [4.78, 5) is 11.8. The van der Waals surface area contributed by atoms with Gasteiger partial charge in [0, 0.05) is 25.2 Å². The molecule has 0 saturated heterocycles. The minimum absolute atomic E-state index is 0.00546. The maximum atomic E-state index is 11.8. The Morgan fingerprint density at radius 2 is 1.77 bits per heavy atom. The summed E-state index contributed by atoms with van der Waals surface area (Å²) in [5.41, 5.74) is -0.919. The van der Waals surface area contributed by atoms with Crippen molar-refractivity contribution < 1.29 is 19.4 Å². The molecular weight excluding hydrogens is 282 g/mol. The predicted octanol–water partition coefficient (Wildman–Crippen LogP) is 3.21. The average molecular weight is 317 g/mol. The molecule has 2 N–H and O–H groups in total. The third-order valence-electron chi connectivity index (χ3n) is 3.72. The standard InChI is InChI=1S/C17H35NO4/c1-13(2)10-21-9-8-17(12-19,14(3)4)11-18-15(20)22-16(5,6)7/h13-14,19H,8-12H2,1-7H3,(H,18,20). The van der Waals surface area contributed by atoms with E-state index in [1.807, 2.05) is 20.8 Å². The van der Waals surface area contributed by atoms with Gasteiger partial charge in [-0.15, -0.1) is 0 Å². The van der Waals surface area contributed by atoms with Gasteiger partial charge >= 0.3 is 6.09 Å². The van der Waals surface area contributed by atoms with Crippen LogP contribution < -0.4 is 5.32 Å². The number of carbonyl (C=O) groups excluding carboxylic acids is 1. The topological polar surface area (TPSA) is 67.8 Å². The van der Waals surface area contributed by atoms with E-state index in [9.17, 15) is 9.90 Å². The van der Waals surface area contributed by atoms with E-state index in [2.05, 4.69) is 33.0 Å². The predicted molar refractivity (Wildman–Crippen MR) is 88.9 cm³/mol.